The van der Waals surface area contributed by atoms with E-state index in [1.54, 1.807) is 24.3 Å². The lowest BCUT2D eigenvalue weighted by molar-refractivity contribution is -0.120. The maximum absolute atomic E-state index is 12.3. The Morgan fingerprint density at radius 2 is 1.65 bits per heavy atom. The van der Waals surface area contributed by atoms with Crippen molar-refractivity contribution in [3.63, 3.8) is 0 Å². The molecule has 0 bridgehead atoms. The van der Waals surface area contributed by atoms with Gasteiger partial charge in [-0.3, -0.25) is 9.59 Å². The Morgan fingerprint density at radius 1 is 1.08 bits per heavy atom. The third-order valence-corrected chi connectivity index (χ3v) is 4.69. The molecule has 2 aromatic rings. The summed E-state index contributed by atoms with van der Waals surface area (Å²) in [5, 5.41) is 11.0. The minimum Gasteiger partial charge on any atom is -0.349 e. The highest BCUT2D eigenvalue weighted by molar-refractivity contribution is 7.89. The molecule has 0 aromatic heterocycles. The molecule has 26 heavy (non-hydrogen) atoms. The fourth-order valence-electron chi connectivity index (χ4n) is 2.32. The molecule has 0 radical (unpaired) electrons. The minimum atomic E-state index is -3.79. The number of benzene rings is 2. The third kappa shape index (κ3) is 5.83. The summed E-state index contributed by atoms with van der Waals surface area (Å²) in [5.74, 6) is -0.614. The van der Waals surface area contributed by atoms with E-state index in [4.69, 9.17) is 16.7 Å². The first-order chi connectivity index (χ1) is 12.1. The van der Waals surface area contributed by atoms with Gasteiger partial charge in [-0.2, -0.15) is 0 Å². The van der Waals surface area contributed by atoms with Gasteiger partial charge in [0.15, 0.2) is 0 Å². The van der Waals surface area contributed by atoms with Crippen LogP contribution in [0.5, 0.6) is 0 Å². The van der Waals surface area contributed by atoms with Crippen LogP contribution in [0.1, 0.15) is 24.9 Å². The molecule has 0 heterocycles. The number of halogens is 1. The van der Waals surface area contributed by atoms with E-state index in [1.807, 2.05) is 0 Å². The number of hydrogen-bond donors (Lipinski definition) is 3. The number of carbonyl (C=O) groups is 2. The number of rotatable bonds is 6. The molecule has 0 saturated heterocycles. The summed E-state index contributed by atoms with van der Waals surface area (Å²) in [6.45, 7) is 1.37. The third-order valence-electron chi connectivity index (χ3n) is 3.51. The van der Waals surface area contributed by atoms with Crippen molar-refractivity contribution in [1.29, 1.82) is 0 Å². The van der Waals surface area contributed by atoms with Gasteiger partial charge in [0, 0.05) is 17.6 Å². The molecule has 2 rings (SSSR count). The van der Waals surface area contributed by atoms with Crippen LogP contribution in [0.4, 0.5) is 5.69 Å². The first kappa shape index (κ1) is 19.9. The topological polar surface area (TPSA) is 118 Å². The van der Waals surface area contributed by atoms with Crippen LogP contribution in [0.3, 0.4) is 0 Å². The molecule has 0 saturated carbocycles. The lowest BCUT2D eigenvalue weighted by atomic mass is 10.0. The van der Waals surface area contributed by atoms with Crippen molar-refractivity contribution < 1.29 is 18.0 Å². The quantitative estimate of drug-likeness (QED) is 0.694. The Morgan fingerprint density at radius 3 is 2.15 bits per heavy atom. The molecule has 4 N–H and O–H groups in total. The first-order valence-corrected chi connectivity index (χ1v) is 9.53. The number of anilines is 1. The van der Waals surface area contributed by atoms with E-state index < -0.39 is 16.1 Å². The molecular formula is C17H18ClN3O4S. The normalized spacial score (nSPS) is 12.3. The van der Waals surface area contributed by atoms with Gasteiger partial charge in [0.05, 0.1) is 17.4 Å². The van der Waals surface area contributed by atoms with Gasteiger partial charge in [0.25, 0.3) is 0 Å². The zero-order valence-corrected chi connectivity index (χ0v) is 15.5. The second kappa shape index (κ2) is 8.31. The minimum absolute atomic E-state index is 0.00183. The highest BCUT2D eigenvalue weighted by Crippen LogP contribution is 2.21. The molecule has 0 aliphatic carbocycles. The molecule has 0 aliphatic rings. The molecule has 0 unspecified atom stereocenters. The van der Waals surface area contributed by atoms with Crippen LogP contribution in [0.25, 0.3) is 0 Å². The number of nitrogens with two attached hydrogens (primary N) is 1. The fraction of sp³-hybridized carbons (Fsp3) is 0.176. The van der Waals surface area contributed by atoms with Crippen LogP contribution in [-0.2, 0) is 19.6 Å². The molecule has 9 heteroatoms. The van der Waals surface area contributed by atoms with Gasteiger partial charge < -0.3 is 10.6 Å². The van der Waals surface area contributed by atoms with E-state index in [9.17, 15) is 18.0 Å². The summed E-state index contributed by atoms with van der Waals surface area (Å²) in [6, 6.07) is 11.8. The van der Waals surface area contributed by atoms with Gasteiger partial charge in [-0.15, -0.1) is 0 Å². The van der Waals surface area contributed by atoms with Crippen molar-refractivity contribution in [2.75, 3.05) is 5.32 Å². The molecule has 2 aromatic carbocycles. The van der Waals surface area contributed by atoms with Crippen molar-refractivity contribution in [2.45, 2.75) is 24.3 Å². The summed E-state index contributed by atoms with van der Waals surface area (Å²) >= 11 is 5.86. The fourth-order valence-corrected chi connectivity index (χ4v) is 2.96. The Bertz CT molecular complexity index is 897. The molecule has 7 nitrogen and oxygen atoms in total. The van der Waals surface area contributed by atoms with Crippen LogP contribution in [0, 0.1) is 0 Å². The van der Waals surface area contributed by atoms with Crippen LogP contribution in [0.15, 0.2) is 53.4 Å². The van der Waals surface area contributed by atoms with E-state index in [1.165, 1.54) is 31.2 Å². The Kier molecular flexibility index (Phi) is 6.36. The number of nitrogens with one attached hydrogen (secondary N) is 2. The SMILES string of the molecule is CC(=O)N[C@@H](CC(=O)Nc1ccc(S(N)(=O)=O)cc1)c1ccc(Cl)cc1. The van der Waals surface area contributed by atoms with Crippen molar-refractivity contribution >= 4 is 39.1 Å². The number of primary sulfonamides is 1. The number of amides is 2. The molecule has 0 spiro atoms. The Hall–Kier alpha value is -2.42. The second-order valence-electron chi connectivity index (χ2n) is 5.63. The standard InChI is InChI=1S/C17H18ClN3O4S/c1-11(22)20-16(12-2-4-13(18)5-3-12)10-17(23)21-14-6-8-15(9-7-14)26(19,24)25/h2-9,16H,10H2,1H3,(H,20,22)(H,21,23)(H2,19,24,25)/t16-/m0/s1. The maximum Gasteiger partial charge on any atom is 0.238 e. The second-order valence-corrected chi connectivity index (χ2v) is 7.62. The van der Waals surface area contributed by atoms with E-state index in [0.717, 1.165) is 5.56 Å². The first-order valence-electron chi connectivity index (χ1n) is 7.60. The highest BCUT2D eigenvalue weighted by atomic mass is 35.5. The van der Waals surface area contributed by atoms with Crippen LogP contribution >= 0.6 is 11.6 Å². The monoisotopic (exact) mass is 395 g/mol. The van der Waals surface area contributed by atoms with Gasteiger partial charge in [-0.05, 0) is 42.0 Å². The largest absolute Gasteiger partial charge is 0.349 e. The van der Waals surface area contributed by atoms with Gasteiger partial charge >= 0.3 is 0 Å². The van der Waals surface area contributed by atoms with E-state index in [0.29, 0.717) is 10.7 Å². The van der Waals surface area contributed by atoms with Crippen molar-refractivity contribution in [1.82, 2.24) is 5.32 Å². The van der Waals surface area contributed by atoms with Crippen molar-refractivity contribution in [3.05, 3.63) is 59.1 Å². The van der Waals surface area contributed by atoms with Gasteiger partial charge in [-0.1, -0.05) is 23.7 Å². The number of hydrogen-bond acceptors (Lipinski definition) is 4. The maximum atomic E-state index is 12.3. The Labute approximate surface area is 156 Å². The zero-order valence-electron chi connectivity index (χ0n) is 13.9. The highest BCUT2D eigenvalue weighted by Gasteiger charge is 2.17. The molecule has 138 valence electrons. The average Bonchev–Trinajstić information content (AvgIpc) is 2.54. The summed E-state index contributed by atoms with van der Waals surface area (Å²) in [5.41, 5.74) is 1.16. The predicted octanol–water partition coefficient (Wildman–Crippen LogP) is 2.19. The van der Waals surface area contributed by atoms with E-state index >= 15 is 0 Å². The van der Waals surface area contributed by atoms with Crippen molar-refractivity contribution in [3.8, 4) is 0 Å². The molecule has 1 atom stereocenters. The van der Waals surface area contributed by atoms with E-state index in [2.05, 4.69) is 10.6 Å². The molecular weight excluding hydrogens is 378 g/mol. The van der Waals surface area contributed by atoms with Gasteiger partial charge in [0.2, 0.25) is 21.8 Å². The van der Waals surface area contributed by atoms with Crippen molar-refractivity contribution in [2.24, 2.45) is 5.14 Å². The summed E-state index contributed by atoms with van der Waals surface area (Å²) in [7, 11) is -3.79. The van der Waals surface area contributed by atoms with Crippen LogP contribution in [-0.4, -0.2) is 20.2 Å². The van der Waals surface area contributed by atoms with E-state index in [-0.39, 0.29) is 23.1 Å². The lowest BCUT2D eigenvalue weighted by Crippen LogP contribution is -2.29. The smallest absolute Gasteiger partial charge is 0.238 e. The number of carbonyl (C=O) groups excluding carboxylic acids is 2. The summed E-state index contributed by atoms with van der Waals surface area (Å²) in [6.07, 6.45) is -0.00183. The van der Waals surface area contributed by atoms with Gasteiger partial charge in [-0.25, -0.2) is 13.6 Å². The van der Waals surface area contributed by atoms with Gasteiger partial charge in [0.1, 0.15) is 0 Å². The van der Waals surface area contributed by atoms with Crippen LogP contribution < -0.4 is 15.8 Å². The lowest BCUT2D eigenvalue weighted by Gasteiger charge is -2.18. The summed E-state index contributed by atoms with van der Waals surface area (Å²) < 4.78 is 22.5. The molecule has 0 fully saturated rings. The number of sulfonamides is 1. The molecule has 2 amide bonds. The summed E-state index contributed by atoms with van der Waals surface area (Å²) in [4.78, 5) is 23.7. The van der Waals surface area contributed by atoms with Crippen LogP contribution in [0.2, 0.25) is 5.02 Å². The molecule has 0 aliphatic heterocycles. The Balaban J connectivity index is 2.09. The average molecular weight is 396 g/mol. The predicted molar refractivity (Wildman–Crippen MR) is 99.1 cm³/mol. The zero-order chi connectivity index (χ0) is 19.3.